The zero-order chi connectivity index (χ0) is 15.7. The first-order chi connectivity index (χ1) is 10.8. The van der Waals surface area contributed by atoms with Crippen molar-refractivity contribution in [1.82, 2.24) is 0 Å². The molecule has 0 heterocycles. The number of benzene rings is 2. The quantitative estimate of drug-likeness (QED) is 0.420. The van der Waals surface area contributed by atoms with Crippen molar-refractivity contribution in [3.63, 3.8) is 0 Å². The molecule has 0 radical (unpaired) electrons. The van der Waals surface area contributed by atoms with Crippen molar-refractivity contribution in [2.45, 2.75) is 39.0 Å². The summed E-state index contributed by atoms with van der Waals surface area (Å²) in [6.45, 7) is 2.20. The molecule has 0 aromatic heterocycles. The molecule has 0 atom stereocenters. The van der Waals surface area contributed by atoms with Gasteiger partial charge in [-0.05, 0) is 12.1 Å². The van der Waals surface area contributed by atoms with Crippen LogP contribution in [0.15, 0.2) is 60.7 Å². The Morgan fingerprint density at radius 2 is 1.36 bits per heavy atom. The average molecular weight is 310 g/mol. The van der Waals surface area contributed by atoms with Gasteiger partial charge in [-0.15, -0.1) is 0 Å². The van der Waals surface area contributed by atoms with Crippen molar-refractivity contribution in [1.29, 1.82) is 0 Å². The fourth-order valence-corrected chi connectivity index (χ4v) is 4.44. The van der Waals surface area contributed by atoms with E-state index in [1.165, 1.54) is 19.3 Å². The van der Waals surface area contributed by atoms with Crippen molar-refractivity contribution in [3.05, 3.63) is 60.7 Å². The second-order valence-electron chi connectivity index (χ2n) is 5.38. The first kappa shape index (κ1) is 16.6. The monoisotopic (exact) mass is 310 g/mol. The first-order valence-corrected chi connectivity index (χ1v) is 9.69. The van der Waals surface area contributed by atoms with E-state index in [2.05, 4.69) is 18.5 Å². The highest BCUT2D eigenvalue weighted by Gasteiger charge is 2.24. The summed E-state index contributed by atoms with van der Waals surface area (Å²) >= 11 is 0. The van der Waals surface area contributed by atoms with Crippen LogP contribution < -0.4 is 10.6 Å². The van der Waals surface area contributed by atoms with Gasteiger partial charge >= 0.3 is 0 Å². The Morgan fingerprint density at radius 3 is 1.86 bits per heavy atom. The van der Waals surface area contributed by atoms with Gasteiger partial charge in [0.05, 0.1) is 0 Å². The lowest BCUT2D eigenvalue weighted by atomic mass is 10.2. The lowest BCUT2D eigenvalue weighted by Gasteiger charge is -2.12. The maximum Gasteiger partial charge on any atom is 0.210 e. The van der Waals surface area contributed by atoms with Gasteiger partial charge in [-0.2, -0.15) is 0 Å². The Bertz CT molecular complexity index is 622. The fraction of sp³-hybridized carbons (Fsp3) is 0.300. The standard InChI is InChI=1S/C20H23OP/c1-2-3-4-5-6-13-18-22(21,19-14-9-7-10-15-19)20-16-11-8-12-17-20/h7-12,14-17H,2-6H2,1H3. The highest BCUT2D eigenvalue weighted by molar-refractivity contribution is 7.83. The fourth-order valence-electron chi connectivity index (χ4n) is 2.36. The first-order valence-electron chi connectivity index (χ1n) is 7.99. The van der Waals surface area contributed by atoms with Gasteiger partial charge in [-0.25, -0.2) is 0 Å². The van der Waals surface area contributed by atoms with Gasteiger partial charge in [0.25, 0.3) is 0 Å². The molecule has 0 spiro atoms. The summed E-state index contributed by atoms with van der Waals surface area (Å²) < 4.78 is 13.5. The Hall–Kier alpha value is -1.77. The van der Waals surface area contributed by atoms with Crippen LogP contribution in [0.25, 0.3) is 0 Å². The lowest BCUT2D eigenvalue weighted by molar-refractivity contribution is 0.593. The molecule has 0 fully saturated rings. The Kier molecular flexibility index (Phi) is 6.50. The van der Waals surface area contributed by atoms with Gasteiger partial charge in [0.1, 0.15) is 0 Å². The second kappa shape index (κ2) is 8.62. The third kappa shape index (κ3) is 4.36. The highest BCUT2D eigenvalue weighted by atomic mass is 31.2. The van der Waals surface area contributed by atoms with Crippen LogP contribution in [0.2, 0.25) is 0 Å². The maximum atomic E-state index is 13.5. The minimum absolute atomic E-state index is 0.822. The molecule has 1 nitrogen and oxygen atoms in total. The van der Waals surface area contributed by atoms with E-state index in [1.54, 1.807) is 0 Å². The summed E-state index contributed by atoms with van der Waals surface area (Å²) in [6.07, 6.45) is 5.58. The van der Waals surface area contributed by atoms with Gasteiger partial charge in [0, 0.05) is 17.0 Å². The molecule has 2 aromatic carbocycles. The van der Waals surface area contributed by atoms with Crippen LogP contribution in [0.4, 0.5) is 0 Å². The summed E-state index contributed by atoms with van der Waals surface area (Å²) in [4.78, 5) is 0. The minimum Gasteiger partial charge on any atom is -0.300 e. The molecule has 0 aliphatic rings. The van der Waals surface area contributed by atoms with E-state index in [0.29, 0.717) is 0 Å². The van der Waals surface area contributed by atoms with Gasteiger partial charge in [-0.1, -0.05) is 92.8 Å². The Balaban J connectivity index is 2.24. The van der Waals surface area contributed by atoms with E-state index in [-0.39, 0.29) is 0 Å². The minimum atomic E-state index is -2.84. The SMILES string of the molecule is CCCCCCC#CP(=O)(c1ccccc1)c1ccccc1. The average Bonchev–Trinajstić information content (AvgIpc) is 2.59. The van der Waals surface area contributed by atoms with Crippen LogP contribution >= 0.6 is 7.14 Å². The van der Waals surface area contributed by atoms with Crippen LogP contribution in [0.1, 0.15) is 39.0 Å². The van der Waals surface area contributed by atoms with E-state index < -0.39 is 7.14 Å². The van der Waals surface area contributed by atoms with Crippen LogP contribution in [0.3, 0.4) is 0 Å². The largest absolute Gasteiger partial charge is 0.300 e. The molecule has 0 saturated carbocycles. The van der Waals surface area contributed by atoms with Gasteiger partial charge in [-0.3, -0.25) is 4.57 Å². The maximum absolute atomic E-state index is 13.5. The molecule has 22 heavy (non-hydrogen) atoms. The predicted octanol–water partition coefficient (Wildman–Crippen LogP) is 4.93. The third-order valence-electron chi connectivity index (χ3n) is 3.63. The van der Waals surface area contributed by atoms with Crippen LogP contribution in [-0.4, -0.2) is 0 Å². The molecule has 2 rings (SSSR count). The van der Waals surface area contributed by atoms with E-state index in [0.717, 1.165) is 23.5 Å². The summed E-state index contributed by atoms with van der Waals surface area (Å²) in [5.74, 6) is 3.17. The summed E-state index contributed by atoms with van der Waals surface area (Å²) in [5, 5.41) is 1.64. The Morgan fingerprint density at radius 1 is 0.818 bits per heavy atom. The molecule has 0 unspecified atom stereocenters. The molecule has 2 heteroatoms. The van der Waals surface area contributed by atoms with Crippen molar-refractivity contribution in [2.24, 2.45) is 0 Å². The summed E-state index contributed by atoms with van der Waals surface area (Å²) in [7, 11) is -2.84. The van der Waals surface area contributed by atoms with Gasteiger partial charge < -0.3 is 0 Å². The zero-order valence-corrected chi connectivity index (χ0v) is 14.1. The molecular formula is C20H23OP. The Labute approximate surface area is 134 Å². The van der Waals surface area contributed by atoms with E-state index >= 15 is 0 Å². The molecule has 2 aromatic rings. The van der Waals surface area contributed by atoms with Crippen LogP contribution in [0, 0.1) is 11.6 Å². The molecule has 0 aliphatic heterocycles. The van der Waals surface area contributed by atoms with Crippen molar-refractivity contribution in [3.8, 4) is 11.6 Å². The number of hydrogen-bond donors (Lipinski definition) is 0. The highest BCUT2D eigenvalue weighted by Crippen LogP contribution is 2.41. The van der Waals surface area contributed by atoms with E-state index in [1.807, 2.05) is 60.7 Å². The predicted molar refractivity (Wildman–Crippen MR) is 96.3 cm³/mol. The lowest BCUT2D eigenvalue weighted by Crippen LogP contribution is -2.14. The topological polar surface area (TPSA) is 17.1 Å². The van der Waals surface area contributed by atoms with Crippen molar-refractivity contribution < 1.29 is 4.57 Å². The molecule has 114 valence electrons. The molecule has 0 bridgehead atoms. The van der Waals surface area contributed by atoms with Gasteiger partial charge in [0.15, 0.2) is 0 Å². The molecule has 0 aliphatic carbocycles. The number of unbranched alkanes of at least 4 members (excludes halogenated alkanes) is 4. The van der Waals surface area contributed by atoms with E-state index in [4.69, 9.17) is 0 Å². The molecule has 0 N–H and O–H groups in total. The third-order valence-corrected chi connectivity index (χ3v) is 6.16. The van der Waals surface area contributed by atoms with Crippen molar-refractivity contribution in [2.75, 3.05) is 0 Å². The summed E-state index contributed by atoms with van der Waals surface area (Å²) in [6, 6.07) is 19.2. The number of hydrogen-bond acceptors (Lipinski definition) is 1. The van der Waals surface area contributed by atoms with Crippen LogP contribution in [0.5, 0.6) is 0 Å². The zero-order valence-electron chi connectivity index (χ0n) is 13.2. The summed E-state index contributed by atoms with van der Waals surface area (Å²) in [5.41, 5.74) is 3.11. The molecule has 0 saturated heterocycles. The van der Waals surface area contributed by atoms with Crippen molar-refractivity contribution >= 4 is 17.8 Å². The van der Waals surface area contributed by atoms with Gasteiger partial charge in [0.2, 0.25) is 7.14 Å². The second-order valence-corrected chi connectivity index (χ2v) is 7.85. The molecule has 0 amide bonds. The number of rotatable bonds is 6. The van der Waals surface area contributed by atoms with E-state index in [9.17, 15) is 4.57 Å². The normalized spacial score (nSPS) is 10.8. The van der Waals surface area contributed by atoms with Crippen LogP contribution in [-0.2, 0) is 4.57 Å². The smallest absolute Gasteiger partial charge is 0.210 e. The molecular weight excluding hydrogens is 287 g/mol.